The first-order valence-corrected chi connectivity index (χ1v) is 6.39. The molecule has 1 aliphatic heterocycles. The van der Waals surface area contributed by atoms with Gasteiger partial charge in [-0.1, -0.05) is 30.3 Å². The number of rotatable bonds is 4. The summed E-state index contributed by atoms with van der Waals surface area (Å²) in [4.78, 5) is 34.9. The van der Waals surface area contributed by atoms with Gasteiger partial charge in [0.1, 0.15) is 25.0 Å². The SMILES string of the molecule is O=C[C@H]1[C@@H](O)C[C@H](C(=O)O)N1C(=O)OCc1ccccc1. The summed E-state index contributed by atoms with van der Waals surface area (Å²) in [6.07, 6.45) is -1.97. The number of carboxylic acid groups (broad SMARTS) is 1. The third kappa shape index (κ3) is 3.19. The summed E-state index contributed by atoms with van der Waals surface area (Å²) >= 11 is 0. The van der Waals surface area contributed by atoms with E-state index in [1.807, 2.05) is 6.07 Å². The summed E-state index contributed by atoms with van der Waals surface area (Å²) in [6, 6.07) is 6.39. The van der Waals surface area contributed by atoms with Gasteiger partial charge in [-0.25, -0.2) is 9.59 Å². The Morgan fingerprint density at radius 1 is 1.33 bits per heavy atom. The maximum atomic E-state index is 12.0. The average Bonchev–Trinajstić information content (AvgIpc) is 2.82. The molecule has 1 heterocycles. The van der Waals surface area contributed by atoms with Gasteiger partial charge in [-0.05, 0) is 5.56 Å². The highest BCUT2D eigenvalue weighted by Crippen LogP contribution is 2.25. The van der Waals surface area contributed by atoms with Gasteiger partial charge in [-0.3, -0.25) is 4.90 Å². The molecule has 112 valence electrons. The van der Waals surface area contributed by atoms with Crippen molar-refractivity contribution in [1.82, 2.24) is 4.90 Å². The molecule has 1 saturated heterocycles. The highest BCUT2D eigenvalue weighted by Gasteiger charge is 2.47. The van der Waals surface area contributed by atoms with Crippen LogP contribution in [0.1, 0.15) is 12.0 Å². The summed E-state index contributed by atoms with van der Waals surface area (Å²) in [7, 11) is 0. The molecule has 1 aromatic rings. The normalized spacial score (nSPS) is 24.6. The van der Waals surface area contributed by atoms with Gasteiger partial charge in [0.15, 0.2) is 0 Å². The lowest BCUT2D eigenvalue weighted by Crippen LogP contribution is -2.47. The van der Waals surface area contributed by atoms with E-state index >= 15 is 0 Å². The van der Waals surface area contributed by atoms with Gasteiger partial charge in [0.2, 0.25) is 0 Å². The van der Waals surface area contributed by atoms with Gasteiger partial charge in [0.05, 0.1) is 6.10 Å². The van der Waals surface area contributed by atoms with Gasteiger partial charge in [0.25, 0.3) is 0 Å². The Labute approximate surface area is 120 Å². The zero-order valence-electron chi connectivity index (χ0n) is 11.1. The van der Waals surface area contributed by atoms with Crippen molar-refractivity contribution in [3.05, 3.63) is 35.9 Å². The van der Waals surface area contributed by atoms with Gasteiger partial charge in [-0.15, -0.1) is 0 Å². The van der Waals surface area contributed by atoms with Crippen LogP contribution in [0.25, 0.3) is 0 Å². The molecule has 21 heavy (non-hydrogen) atoms. The molecule has 1 fully saturated rings. The largest absolute Gasteiger partial charge is 0.480 e. The summed E-state index contributed by atoms with van der Waals surface area (Å²) < 4.78 is 5.03. The summed E-state index contributed by atoms with van der Waals surface area (Å²) in [5.74, 6) is -1.28. The number of carbonyl (C=O) groups is 3. The van der Waals surface area contributed by atoms with Crippen LogP contribution in [0.15, 0.2) is 30.3 Å². The van der Waals surface area contributed by atoms with Crippen LogP contribution in [0.4, 0.5) is 4.79 Å². The van der Waals surface area contributed by atoms with Gasteiger partial charge >= 0.3 is 12.1 Å². The van der Waals surface area contributed by atoms with Crippen molar-refractivity contribution < 1.29 is 29.3 Å². The van der Waals surface area contributed by atoms with Crippen LogP contribution in [0.2, 0.25) is 0 Å². The Hall–Kier alpha value is -2.41. The molecular formula is C14H15NO6. The third-order valence-electron chi connectivity index (χ3n) is 3.36. The van der Waals surface area contributed by atoms with Crippen LogP contribution < -0.4 is 0 Å². The second-order valence-corrected chi connectivity index (χ2v) is 4.73. The number of amides is 1. The van der Waals surface area contributed by atoms with E-state index in [2.05, 4.69) is 0 Å². The Balaban J connectivity index is 2.07. The minimum absolute atomic E-state index is 0.0375. The van der Waals surface area contributed by atoms with Crippen LogP contribution in [-0.2, 0) is 20.9 Å². The summed E-state index contributed by atoms with van der Waals surface area (Å²) in [5, 5.41) is 18.7. The monoisotopic (exact) mass is 293 g/mol. The van der Waals surface area contributed by atoms with Crippen LogP contribution in [-0.4, -0.2) is 51.6 Å². The van der Waals surface area contributed by atoms with E-state index in [4.69, 9.17) is 9.84 Å². The lowest BCUT2D eigenvalue weighted by molar-refractivity contribution is -0.142. The van der Waals surface area contributed by atoms with Crippen molar-refractivity contribution in [2.75, 3.05) is 0 Å². The zero-order valence-corrected chi connectivity index (χ0v) is 11.1. The fraction of sp³-hybridized carbons (Fsp3) is 0.357. The zero-order chi connectivity index (χ0) is 15.4. The molecular weight excluding hydrogens is 278 g/mol. The number of hydrogen-bond donors (Lipinski definition) is 2. The average molecular weight is 293 g/mol. The standard InChI is InChI=1S/C14H15NO6/c16-7-11-12(17)6-10(13(18)19)15(11)14(20)21-8-9-4-2-1-3-5-9/h1-5,7,10-12,17H,6,8H2,(H,18,19)/t10-,11+,12+/m1/s1. The second-order valence-electron chi connectivity index (χ2n) is 4.73. The number of carboxylic acids is 1. The Morgan fingerprint density at radius 2 is 2.00 bits per heavy atom. The molecule has 0 saturated carbocycles. The molecule has 1 aromatic carbocycles. The number of aliphatic carboxylic acids is 1. The van der Waals surface area contributed by atoms with E-state index in [1.54, 1.807) is 24.3 Å². The molecule has 0 unspecified atom stereocenters. The maximum absolute atomic E-state index is 12.0. The van der Waals surface area contributed by atoms with E-state index in [0.717, 1.165) is 10.5 Å². The maximum Gasteiger partial charge on any atom is 0.411 e. The van der Waals surface area contributed by atoms with Crippen LogP contribution in [0.3, 0.4) is 0 Å². The van der Waals surface area contributed by atoms with Crippen molar-refractivity contribution in [1.29, 1.82) is 0 Å². The molecule has 0 spiro atoms. The van der Waals surface area contributed by atoms with Crippen molar-refractivity contribution in [3.63, 3.8) is 0 Å². The molecule has 7 heteroatoms. The van der Waals surface area contributed by atoms with E-state index < -0.39 is 30.3 Å². The summed E-state index contributed by atoms with van der Waals surface area (Å²) in [5.41, 5.74) is 0.736. The lowest BCUT2D eigenvalue weighted by atomic mass is 10.1. The number of hydrogen-bond acceptors (Lipinski definition) is 5. The molecule has 1 aliphatic rings. The molecule has 1 amide bonds. The lowest BCUT2D eigenvalue weighted by Gasteiger charge is -2.24. The van der Waals surface area contributed by atoms with Gasteiger partial charge < -0.3 is 19.7 Å². The minimum atomic E-state index is -1.28. The Morgan fingerprint density at radius 3 is 2.57 bits per heavy atom. The number of carbonyl (C=O) groups excluding carboxylic acids is 2. The van der Waals surface area contributed by atoms with Gasteiger partial charge in [-0.2, -0.15) is 0 Å². The van der Waals surface area contributed by atoms with Crippen LogP contribution >= 0.6 is 0 Å². The van der Waals surface area contributed by atoms with E-state index in [1.165, 1.54) is 0 Å². The van der Waals surface area contributed by atoms with Crippen molar-refractivity contribution in [2.45, 2.75) is 31.2 Å². The molecule has 2 N–H and O–H groups in total. The second kappa shape index (κ2) is 6.36. The van der Waals surface area contributed by atoms with E-state index in [-0.39, 0.29) is 13.0 Å². The first kappa shape index (κ1) is 15.0. The first-order valence-electron chi connectivity index (χ1n) is 6.39. The number of ether oxygens (including phenoxy) is 1. The molecule has 0 aliphatic carbocycles. The van der Waals surface area contributed by atoms with Crippen molar-refractivity contribution >= 4 is 18.3 Å². The molecule has 7 nitrogen and oxygen atoms in total. The molecule has 0 aromatic heterocycles. The fourth-order valence-corrected chi connectivity index (χ4v) is 2.29. The number of benzene rings is 1. The predicted molar refractivity (Wildman–Crippen MR) is 70.4 cm³/mol. The van der Waals surface area contributed by atoms with Crippen molar-refractivity contribution in [2.24, 2.45) is 0 Å². The van der Waals surface area contributed by atoms with Crippen molar-refractivity contribution in [3.8, 4) is 0 Å². The number of aliphatic hydroxyl groups is 1. The van der Waals surface area contributed by atoms with Crippen LogP contribution in [0.5, 0.6) is 0 Å². The van der Waals surface area contributed by atoms with E-state index in [0.29, 0.717) is 6.29 Å². The minimum Gasteiger partial charge on any atom is -0.480 e. The highest BCUT2D eigenvalue weighted by molar-refractivity contribution is 5.84. The van der Waals surface area contributed by atoms with E-state index in [9.17, 15) is 19.5 Å². The van der Waals surface area contributed by atoms with Gasteiger partial charge in [0, 0.05) is 6.42 Å². The number of aldehydes is 1. The molecule has 3 atom stereocenters. The Bertz CT molecular complexity index is 532. The molecule has 2 rings (SSSR count). The fourth-order valence-electron chi connectivity index (χ4n) is 2.29. The molecule has 0 radical (unpaired) electrons. The predicted octanol–water partition coefficient (Wildman–Crippen LogP) is 0.410. The quantitative estimate of drug-likeness (QED) is 0.779. The smallest absolute Gasteiger partial charge is 0.411 e. The number of likely N-dealkylation sites (tertiary alicyclic amines) is 1. The number of nitrogens with zero attached hydrogens (tertiary/aromatic N) is 1. The summed E-state index contributed by atoms with van der Waals surface area (Å²) in [6.45, 7) is -0.0375. The Kier molecular flexibility index (Phi) is 4.54. The first-order chi connectivity index (χ1) is 10.0. The highest BCUT2D eigenvalue weighted by atomic mass is 16.6. The number of aliphatic hydroxyl groups excluding tert-OH is 1. The molecule has 0 bridgehead atoms. The third-order valence-corrected chi connectivity index (χ3v) is 3.36. The topological polar surface area (TPSA) is 104 Å². The van der Waals surface area contributed by atoms with Crippen LogP contribution in [0, 0.1) is 0 Å².